The third-order valence-electron chi connectivity index (χ3n) is 5.17. The Balaban J connectivity index is 1.84. The number of esters is 1. The molecule has 170 valence electrons. The van der Waals surface area contributed by atoms with Crippen molar-refractivity contribution in [1.82, 2.24) is 14.1 Å². The number of halogens is 3. The molecule has 0 saturated heterocycles. The van der Waals surface area contributed by atoms with Crippen LogP contribution in [0.25, 0.3) is 11.0 Å². The van der Waals surface area contributed by atoms with Crippen LogP contribution in [0.15, 0.2) is 29.2 Å². The van der Waals surface area contributed by atoms with Crippen LogP contribution in [0.1, 0.15) is 44.7 Å². The van der Waals surface area contributed by atoms with E-state index in [4.69, 9.17) is 4.74 Å². The highest BCUT2D eigenvalue weighted by Crippen LogP contribution is 2.23. The van der Waals surface area contributed by atoms with Crippen molar-refractivity contribution in [3.8, 4) is 0 Å². The largest absolute Gasteiger partial charge is 0.454 e. The van der Waals surface area contributed by atoms with Crippen LogP contribution < -0.4 is 5.43 Å². The molecule has 0 unspecified atom stereocenters. The second kappa shape index (κ2) is 8.60. The minimum atomic E-state index is -4.44. The van der Waals surface area contributed by atoms with Gasteiger partial charge in [-0.05, 0) is 45.9 Å². The van der Waals surface area contributed by atoms with Gasteiger partial charge in [0.1, 0.15) is 17.8 Å². The number of aromatic nitrogens is 3. The Hall–Kier alpha value is -3.43. The summed E-state index contributed by atoms with van der Waals surface area (Å²) in [5.41, 5.74) is 0.742. The molecule has 0 amide bonds. The van der Waals surface area contributed by atoms with Crippen LogP contribution in [0, 0.1) is 20.8 Å². The molecule has 0 atom stereocenters. The minimum Gasteiger partial charge on any atom is -0.454 e. The number of carbonyl (C=O) groups excluding carboxylic acids is 2. The van der Waals surface area contributed by atoms with Gasteiger partial charge >= 0.3 is 12.1 Å². The normalized spacial score (nSPS) is 11.7. The van der Waals surface area contributed by atoms with Gasteiger partial charge in [0.05, 0.1) is 5.39 Å². The van der Waals surface area contributed by atoms with E-state index in [1.165, 1.54) is 26.1 Å². The van der Waals surface area contributed by atoms with E-state index < -0.39 is 36.5 Å². The molecule has 10 heteroatoms. The van der Waals surface area contributed by atoms with Gasteiger partial charge < -0.3 is 13.9 Å². The zero-order valence-electron chi connectivity index (χ0n) is 18.0. The summed E-state index contributed by atoms with van der Waals surface area (Å²) in [6.45, 7) is 4.97. The Morgan fingerprint density at radius 2 is 1.81 bits per heavy atom. The number of Topliss-reactive ketones (excluding diaryl/α,β-unsaturated/α-hetero) is 1. The van der Waals surface area contributed by atoms with Crippen LogP contribution in [0.2, 0.25) is 0 Å². The summed E-state index contributed by atoms with van der Waals surface area (Å²) >= 11 is 0. The van der Waals surface area contributed by atoms with E-state index in [0.29, 0.717) is 17.9 Å². The molecule has 0 fully saturated rings. The van der Waals surface area contributed by atoms with Crippen LogP contribution in [0.5, 0.6) is 0 Å². The molecule has 0 aliphatic carbocycles. The average Bonchev–Trinajstić information content (AvgIpc) is 2.99. The van der Waals surface area contributed by atoms with Crippen molar-refractivity contribution in [2.45, 2.75) is 47.0 Å². The van der Waals surface area contributed by atoms with Crippen LogP contribution in [-0.2, 0) is 17.8 Å². The van der Waals surface area contributed by atoms with Gasteiger partial charge in [0.2, 0.25) is 11.2 Å². The van der Waals surface area contributed by atoms with Crippen molar-refractivity contribution < 1.29 is 27.5 Å². The standard InChI is InChI=1S/C22H22F3N3O4/c1-5-27-9-17(19(30)15-7-6-12(2)26-20(15)27)21(31)32-10-18(29)16-8-13(3)28(14(16)4)11-22(23,24)25/h6-9H,5,10-11H2,1-4H3. The Morgan fingerprint density at radius 3 is 2.44 bits per heavy atom. The van der Waals surface area contributed by atoms with Gasteiger partial charge in [-0.1, -0.05) is 0 Å². The number of pyridine rings is 2. The quantitative estimate of drug-likeness (QED) is 0.423. The maximum absolute atomic E-state index is 12.8. The van der Waals surface area contributed by atoms with Gasteiger partial charge in [0.25, 0.3) is 0 Å². The second-order valence-electron chi connectivity index (χ2n) is 7.47. The molecule has 0 aromatic carbocycles. The number of hydrogen-bond donors (Lipinski definition) is 0. The van der Waals surface area contributed by atoms with Crippen molar-refractivity contribution in [2.24, 2.45) is 0 Å². The van der Waals surface area contributed by atoms with E-state index in [2.05, 4.69) is 4.98 Å². The van der Waals surface area contributed by atoms with Gasteiger partial charge in [-0.2, -0.15) is 13.2 Å². The molecule has 0 bridgehead atoms. The molecule has 0 aliphatic rings. The highest BCUT2D eigenvalue weighted by Gasteiger charge is 2.30. The van der Waals surface area contributed by atoms with Crippen molar-refractivity contribution in [3.63, 3.8) is 0 Å². The number of aryl methyl sites for hydroxylation is 3. The molecule has 3 aromatic rings. The number of ketones is 1. The Bertz CT molecular complexity index is 1270. The lowest BCUT2D eigenvalue weighted by molar-refractivity contribution is -0.141. The maximum Gasteiger partial charge on any atom is 0.406 e. The monoisotopic (exact) mass is 449 g/mol. The van der Waals surface area contributed by atoms with E-state index >= 15 is 0 Å². The third kappa shape index (κ3) is 4.58. The Kier molecular flexibility index (Phi) is 6.25. The van der Waals surface area contributed by atoms with Crippen LogP contribution in [-0.4, -0.2) is 38.7 Å². The van der Waals surface area contributed by atoms with Crippen LogP contribution in [0.4, 0.5) is 13.2 Å². The summed E-state index contributed by atoms with van der Waals surface area (Å²) in [6, 6.07) is 4.55. The van der Waals surface area contributed by atoms with Crippen molar-refractivity contribution in [2.75, 3.05) is 6.61 Å². The molecule has 7 nitrogen and oxygen atoms in total. The topological polar surface area (TPSA) is 83.2 Å². The highest BCUT2D eigenvalue weighted by molar-refractivity contribution is 6.01. The van der Waals surface area contributed by atoms with E-state index in [1.54, 1.807) is 23.6 Å². The van der Waals surface area contributed by atoms with Crippen LogP contribution >= 0.6 is 0 Å². The molecular formula is C22H22F3N3O4. The first-order valence-corrected chi connectivity index (χ1v) is 9.87. The summed E-state index contributed by atoms with van der Waals surface area (Å²) in [7, 11) is 0. The molecule has 0 saturated carbocycles. The van der Waals surface area contributed by atoms with E-state index in [9.17, 15) is 27.6 Å². The predicted octanol–water partition coefficient (Wildman–Crippen LogP) is 3.75. The smallest absolute Gasteiger partial charge is 0.406 e. The van der Waals surface area contributed by atoms with Crippen molar-refractivity contribution >= 4 is 22.8 Å². The van der Waals surface area contributed by atoms with Crippen molar-refractivity contribution in [1.29, 1.82) is 0 Å². The summed E-state index contributed by atoms with van der Waals surface area (Å²) < 4.78 is 46.0. The number of rotatable bonds is 6. The molecular weight excluding hydrogens is 427 g/mol. The zero-order chi connectivity index (χ0) is 23.8. The first-order valence-electron chi connectivity index (χ1n) is 9.87. The van der Waals surface area contributed by atoms with E-state index in [1.807, 2.05) is 6.92 Å². The summed E-state index contributed by atoms with van der Waals surface area (Å²) in [6.07, 6.45) is -3.11. The molecule has 3 rings (SSSR count). The maximum atomic E-state index is 12.8. The summed E-state index contributed by atoms with van der Waals surface area (Å²) in [4.78, 5) is 42.2. The molecule has 3 heterocycles. The number of ether oxygens (including phenoxy) is 1. The lowest BCUT2D eigenvalue weighted by Crippen LogP contribution is -2.23. The number of hydrogen-bond acceptors (Lipinski definition) is 5. The predicted molar refractivity (Wildman–Crippen MR) is 111 cm³/mol. The van der Waals surface area contributed by atoms with Gasteiger partial charge in [0.15, 0.2) is 6.61 Å². The van der Waals surface area contributed by atoms with E-state index in [-0.39, 0.29) is 27.9 Å². The first kappa shape index (κ1) is 23.2. The molecule has 0 N–H and O–H groups in total. The molecule has 3 aromatic heterocycles. The Morgan fingerprint density at radius 1 is 1.12 bits per heavy atom. The zero-order valence-corrected chi connectivity index (χ0v) is 18.0. The molecule has 0 radical (unpaired) electrons. The fraction of sp³-hybridized carbons (Fsp3) is 0.364. The third-order valence-corrected chi connectivity index (χ3v) is 5.17. The fourth-order valence-electron chi connectivity index (χ4n) is 3.54. The SMILES string of the molecule is CCn1cc(C(=O)OCC(=O)c2cc(C)n(CC(F)(F)F)c2C)c(=O)c2ccc(C)nc21. The minimum absolute atomic E-state index is 0.0312. The highest BCUT2D eigenvalue weighted by atomic mass is 19.4. The summed E-state index contributed by atoms with van der Waals surface area (Å²) in [5, 5.41) is 0.244. The van der Waals surface area contributed by atoms with Gasteiger partial charge in [-0.25, -0.2) is 9.78 Å². The second-order valence-corrected chi connectivity index (χ2v) is 7.47. The molecule has 32 heavy (non-hydrogen) atoms. The van der Waals surface area contributed by atoms with Gasteiger partial charge in [-0.15, -0.1) is 0 Å². The average molecular weight is 449 g/mol. The molecule has 0 aliphatic heterocycles. The lowest BCUT2D eigenvalue weighted by Gasteiger charge is -2.12. The van der Waals surface area contributed by atoms with Crippen molar-refractivity contribution in [3.05, 3.63) is 62.8 Å². The van der Waals surface area contributed by atoms with E-state index in [0.717, 1.165) is 4.57 Å². The lowest BCUT2D eigenvalue weighted by atomic mass is 10.1. The van der Waals surface area contributed by atoms with Gasteiger partial charge in [0, 0.05) is 35.4 Å². The first-order chi connectivity index (χ1) is 14.9. The summed E-state index contributed by atoms with van der Waals surface area (Å²) in [5.74, 6) is -1.65. The number of nitrogens with zero attached hydrogens (tertiary/aromatic N) is 3. The van der Waals surface area contributed by atoms with Crippen LogP contribution in [0.3, 0.4) is 0 Å². The number of fused-ring (bicyclic) bond motifs is 1. The fourth-order valence-corrected chi connectivity index (χ4v) is 3.54. The Labute approximate surface area is 181 Å². The number of alkyl halides is 3. The molecule has 0 spiro atoms. The van der Waals surface area contributed by atoms with Gasteiger partial charge in [-0.3, -0.25) is 9.59 Å². The number of carbonyl (C=O) groups is 2.